The van der Waals surface area contributed by atoms with E-state index >= 15 is 0 Å². The number of piperidine rings is 1. The molecule has 8 heteroatoms. The van der Waals surface area contributed by atoms with Crippen molar-refractivity contribution in [2.24, 2.45) is 0 Å². The fourth-order valence-electron chi connectivity index (χ4n) is 2.57. The minimum Gasteiger partial charge on any atom is -0.348 e. The van der Waals surface area contributed by atoms with E-state index in [9.17, 15) is 9.59 Å². The second kappa shape index (κ2) is 7.46. The van der Waals surface area contributed by atoms with E-state index in [-0.39, 0.29) is 25.0 Å². The van der Waals surface area contributed by atoms with Crippen LogP contribution >= 0.6 is 11.6 Å². The molecule has 0 atom stereocenters. The summed E-state index contributed by atoms with van der Waals surface area (Å²) < 4.78 is 0. The van der Waals surface area contributed by atoms with Crippen LogP contribution in [0.3, 0.4) is 0 Å². The number of carbonyl (C=O) groups excluding carboxylic acids is 2. The SMILES string of the molecule is O=C(Nc1cn[nH]c1C(=O)NC1CCNCC1)c1ccc(Cl)cc1.[HH]. The zero-order chi connectivity index (χ0) is 16.9. The molecule has 0 spiro atoms. The van der Waals surface area contributed by atoms with Crippen LogP contribution in [0, 0.1) is 0 Å². The van der Waals surface area contributed by atoms with Crippen molar-refractivity contribution in [2.45, 2.75) is 18.9 Å². The number of anilines is 1. The Bertz CT molecular complexity index is 728. The maximum absolute atomic E-state index is 12.4. The number of hydrogen-bond donors (Lipinski definition) is 4. The van der Waals surface area contributed by atoms with Gasteiger partial charge >= 0.3 is 0 Å². The number of rotatable bonds is 4. The molecule has 0 bridgehead atoms. The van der Waals surface area contributed by atoms with Crippen LogP contribution < -0.4 is 16.0 Å². The lowest BCUT2D eigenvalue weighted by molar-refractivity contribution is 0.0925. The molecule has 7 nitrogen and oxygen atoms in total. The third kappa shape index (κ3) is 3.93. The van der Waals surface area contributed by atoms with Crippen LogP contribution in [0.1, 0.15) is 35.1 Å². The van der Waals surface area contributed by atoms with E-state index in [2.05, 4.69) is 26.1 Å². The maximum Gasteiger partial charge on any atom is 0.271 e. The third-order valence-corrected chi connectivity index (χ3v) is 4.15. The van der Waals surface area contributed by atoms with Crippen molar-refractivity contribution in [3.05, 3.63) is 46.7 Å². The first-order valence-electron chi connectivity index (χ1n) is 7.75. The Balaban J connectivity index is 0.00000225. The molecule has 0 saturated carbocycles. The molecule has 24 heavy (non-hydrogen) atoms. The number of halogens is 1. The summed E-state index contributed by atoms with van der Waals surface area (Å²) in [6.07, 6.45) is 3.18. The van der Waals surface area contributed by atoms with Crippen LogP contribution in [-0.4, -0.2) is 41.1 Å². The van der Waals surface area contributed by atoms with E-state index < -0.39 is 0 Å². The van der Waals surface area contributed by atoms with Gasteiger partial charge in [0.1, 0.15) is 5.69 Å². The summed E-state index contributed by atoms with van der Waals surface area (Å²) in [5, 5.41) is 16.0. The lowest BCUT2D eigenvalue weighted by Crippen LogP contribution is -2.43. The smallest absolute Gasteiger partial charge is 0.271 e. The van der Waals surface area contributed by atoms with Gasteiger partial charge in [-0.05, 0) is 50.2 Å². The molecule has 1 saturated heterocycles. The molecule has 2 aromatic rings. The minimum atomic E-state index is -0.330. The van der Waals surface area contributed by atoms with Crippen molar-refractivity contribution in [1.82, 2.24) is 20.8 Å². The average molecular weight is 350 g/mol. The highest BCUT2D eigenvalue weighted by Gasteiger charge is 2.21. The largest absolute Gasteiger partial charge is 0.348 e. The van der Waals surface area contributed by atoms with E-state index in [4.69, 9.17) is 11.6 Å². The molecule has 4 N–H and O–H groups in total. The van der Waals surface area contributed by atoms with E-state index in [0.29, 0.717) is 16.3 Å². The van der Waals surface area contributed by atoms with Crippen LogP contribution in [0.2, 0.25) is 5.02 Å². The summed E-state index contributed by atoms with van der Waals surface area (Å²) in [5.74, 6) is -0.602. The zero-order valence-corrected chi connectivity index (χ0v) is 13.7. The Morgan fingerprint density at radius 1 is 1.17 bits per heavy atom. The summed E-state index contributed by atoms with van der Waals surface area (Å²) in [7, 11) is 0. The normalized spacial score (nSPS) is 15.0. The third-order valence-electron chi connectivity index (χ3n) is 3.90. The standard InChI is InChI=1S/C16H18ClN5O2.H2/c17-11-3-1-10(2-4-11)15(23)21-13-9-19-22-14(13)16(24)20-12-5-7-18-8-6-12;/h1-4,9,12,18H,5-8H2,(H,19,22)(H,20,24)(H,21,23);1H. The second-order valence-corrected chi connectivity index (χ2v) is 6.05. The first-order valence-corrected chi connectivity index (χ1v) is 8.13. The van der Waals surface area contributed by atoms with Crippen molar-refractivity contribution in [2.75, 3.05) is 18.4 Å². The summed E-state index contributed by atoms with van der Waals surface area (Å²) in [4.78, 5) is 24.6. The lowest BCUT2D eigenvalue weighted by atomic mass is 10.1. The van der Waals surface area contributed by atoms with Gasteiger partial charge in [-0.15, -0.1) is 0 Å². The van der Waals surface area contributed by atoms with Crippen LogP contribution in [0.25, 0.3) is 0 Å². The van der Waals surface area contributed by atoms with E-state index in [0.717, 1.165) is 25.9 Å². The van der Waals surface area contributed by atoms with Crippen LogP contribution in [-0.2, 0) is 0 Å². The highest BCUT2D eigenvalue weighted by atomic mass is 35.5. The van der Waals surface area contributed by atoms with Crippen molar-refractivity contribution in [1.29, 1.82) is 0 Å². The Labute approximate surface area is 145 Å². The molecule has 1 aliphatic rings. The van der Waals surface area contributed by atoms with Gasteiger partial charge in [0.05, 0.1) is 11.9 Å². The summed E-state index contributed by atoms with van der Waals surface area (Å²) in [6, 6.07) is 6.63. The number of benzene rings is 1. The fraction of sp³-hybridized carbons (Fsp3) is 0.312. The molecule has 2 amide bonds. The molecule has 0 radical (unpaired) electrons. The monoisotopic (exact) mass is 349 g/mol. The van der Waals surface area contributed by atoms with Gasteiger partial charge in [-0.3, -0.25) is 14.7 Å². The van der Waals surface area contributed by atoms with Gasteiger partial charge in [-0.1, -0.05) is 11.6 Å². The molecular weight excluding hydrogens is 330 g/mol. The van der Waals surface area contributed by atoms with Crippen molar-refractivity contribution in [3.8, 4) is 0 Å². The molecule has 1 aromatic heterocycles. The average Bonchev–Trinajstić information content (AvgIpc) is 3.04. The molecule has 0 aliphatic carbocycles. The van der Waals surface area contributed by atoms with Gasteiger partial charge in [0.25, 0.3) is 11.8 Å². The Morgan fingerprint density at radius 2 is 1.88 bits per heavy atom. The number of carbonyl (C=O) groups is 2. The molecular formula is C16H20ClN5O2. The topological polar surface area (TPSA) is 98.9 Å². The summed E-state index contributed by atoms with van der Waals surface area (Å²) in [5.41, 5.74) is 1.04. The molecule has 1 fully saturated rings. The first kappa shape index (κ1) is 16.5. The van der Waals surface area contributed by atoms with Gasteiger partial charge in [-0.25, -0.2) is 0 Å². The predicted octanol–water partition coefficient (Wildman–Crippen LogP) is 2.04. The van der Waals surface area contributed by atoms with E-state index in [1.165, 1.54) is 6.20 Å². The van der Waals surface area contributed by atoms with Crippen LogP contribution in [0.5, 0.6) is 0 Å². The van der Waals surface area contributed by atoms with Gasteiger partial charge in [0, 0.05) is 18.1 Å². The highest BCUT2D eigenvalue weighted by molar-refractivity contribution is 6.30. The Morgan fingerprint density at radius 3 is 2.58 bits per heavy atom. The van der Waals surface area contributed by atoms with Crippen molar-refractivity contribution >= 4 is 29.1 Å². The summed E-state index contributed by atoms with van der Waals surface area (Å²) >= 11 is 5.81. The van der Waals surface area contributed by atoms with Gasteiger partial charge in [0.2, 0.25) is 0 Å². The van der Waals surface area contributed by atoms with Gasteiger partial charge in [-0.2, -0.15) is 5.10 Å². The maximum atomic E-state index is 12.4. The van der Waals surface area contributed by atoms with Crippen molar-refractivity contribution < 1.29 is 11.0 Å². The van der Waals surface area contributed by atoms with Crippen molar-refractivity contribution in [3.63, 3.8) is 0 Å². The number of nitrogens with one attached hydrogen (secondary N) is 4. The first-order chi connectivity index (χ1) is 11.6. The number of nitrogens with zero attached hydrogens (tertiary/aromatic N) is 1. The predicted molar refractivity (Wildman–Crippen MR) is 93.5 cm³/mol. The van der Waals surface area contributed by atoms with Crippen LogP contribution in [0.15, 0.2) is 30.5 Å². The Hall–Kier alpha value is -2.38. The minimum absolute atomic E-state index is 0. The molecule has 0 unspecified atom stereocenters. The van der Waals surface area contributed by atoms with Crippen LogP contribution in [0.4, 0.5) is 5.69 Å². The van der Waals surface area contributed by atoms with E-state index in [1.54, 1.807) is 24.3 Å². The molecule has 1 aromatic carbocycles. The quantitative estimate of drug-likeness (QED) is 0.678. The molecule has 3 rings (SSSR count). The number of H-pyrrole nitrogens is 1. The molecule has 2 heterocycles. The zero-order valence-electron chi connectivity index (χ0n) is 12.9. The van der Waals surface area contributed by atoms with E-state index in [1.807, 2.05) is 0 Å². The molecule has 1 aliphatic heterocycles. The number of amides is 2. The summed E-state index contributed by atoms with van der Waals surface area (Å²) in [6.45, 7) is 1.77. The molecule has 128 valence electrons. The lowest BCUT2D eigenvalue weighted by Gasteiger charge is -2.23. The second-order valence-electron chi connectivity index (χ2n) is 5.62. The number of aromatic amines is 1. The Kier molecular flexibility index (Phi) is 5.12. The van der Waals surface area contributed by atoms with Gasteiger partial charge < -0.3 is 16.0 Å². The highest BCUT2D eigenvalue weighted by Crippen LogP contribution is 2.16. The number of aromatic nitrogens is 2. The number of hydrogen-bond acceptors (Lipinski definition) is 4. The van der Waals surface area contributed by atoms with Gasteiger partial charge in [0.15, 0.2) is 0 Å². The fourth-order valence-corrected chi connectivity index (χ4v) is 2.70.